The smallest absolute Gasteiger partial charge is 0.127 e. The first-order valence-corrected chi connectivity index (χ1v) is 7.36. The van der Waals surface area contributed by atoms with E-state index in [1.807, 2.05) is 18.2 Å². The van der Waals surface area contributed by atoms with Crippen LogP contribution >= 0.6 is 0 Å². The molecule has 3 rings (SSSR count). The van der Waals surface area contributed by atoms with Crippen molar-refractivity contribution in [2.24, 2.45) is 0 Å². The van der Waals surface area contributed by atoms with Crippen LogP contribution < -0.4 is 10.1 Å². The van der Waals surface area contributed by atoms with Gasteiger partial charge in [-0.1, -0.05) is 36.4 Å². The zero-order valence-electron chi connectivity index (χ0n) is 11.7. The molecule has 2 aromatic carbocycles. The Morgan fingerprint density at radius 3 is 2.95 bits per heavy atom. The molecular weight excluding hydrogens is 250 g/mol. The lowest BCUT2D eigenvalue weighted by molar-refractivity contribution is 0.109. The van der Waals surface area contributed by atoms with Gasteiger partial charge in [-0.15, -0.1) is 0 Å². The Balaban J connectivity index is 1.47. The Morgan fingerprint density at radius 1 is 1.15 bits per heavy atom. The number of hydrogen-bond acceptors (Lipinski definition) is 3. The lowest BCUT2D eigenvalue weighted by Crippen LogP contribution is -2.29. The van der Waals surface area contributed by atoms with Gasteiger partial charge in [0.2, 0.25) is 0 Å². The fourth-order valence-corrected chi connectivity index (χ4v) is 2.62. The minimum atomic E-state index is 0.396. The number of rotatable bonds is 6. The van der Waals surface area contributed by atoms with Crippen LogP contribution in [0.2, 0.25) is 0 Å². The second-order valence-corrected chi connectivity index (χ2v) is 5.16. The van der Waals surface area contributed by atoms with E-state index >= 15 is 0 Å². The molecule has 0 aromatic heterocycles. The molecule has 1 saturated heterocycles. The molecule has 1 heterocycles. The van der Waals surface area contributed by atoms with Crippen molar-refractivity contribution in [3.05, 3.63) is 42.5 Å². The molecule has 0 spiro atoms. The van der Waals surface area contributed by atoms with E-state index in [1.54, 1.807) is 0 Å². The van der Waals surface area contributed by atoms with Gasteiger partial charge in [-0.05, 0) is 24.3 Å². The summed E-state index contributed by atoms with van der Waals surface area (Å²) in [4.78, 5) is 0. The van der Waals surface area contributed by atoms with Crippen LogP contribution in [-0.4, -0.2) is 32.4 Å². The van der Waals surface area contributed by atoms with Gasteiger partial charge in [0.15, 0.2) is 0 Å². The summed E-state index contributed by atoms with van der Waals surface area (Å²) in [5.41, 5.74) is 0. The Hall–Kier alpha value is -1.58. The summed E-state index contributed by atoms with van der Waals surface area (Å²) in [5, 5.41) is 5.79. The number of ether oxygens (including phenoxy) is 2. The van der Waals surface area contributed by atoms with Gasteiger partial charge in [0.1, 0.15) is 12.4 Å². The van der Waals surface area contributed by atoms with Gasteiger partial charge in [-0.3, -0.25) is 0 Å². The number of benzene rings is 2. The summed E-state index contributed by atoms with van der Waals surface area (Å²) in [6.07, 6.45) is 2.77. The highest BCUT2D eigenvalue weighted by atomic mass is 16.5. The van der Waals surface area contributed by atoms with Gasteiger partial charge < -0.3 is 14.8 Å². The molecule has 3 nitrogen and oxygen atoms in total. The van der Waals surface area contributed by atoms with E-state index in [9.17, 15) is 0 Å². The van der Waals surface area contributed by atoms with E-state index in [2.05, 4.69) is 29.6 Å². The highest BCUT2D eigenvalue weighted by Crippen LogP contribution is 2.24. The van der Waals surface area contributed by atoms with Crippen LogP contribution in [0.1, 0.15) is 12.8 Å². The highest BCUT2D eigenvalue weighted by Gasteiger charge is 2.14. The quantitative estimate of drug-likeness (QED) is 0.819. The Bertz CT molecular complexity index is 544. The van der Waals surface area contributed by atoms with Gasteiger partial charge in [0.25, 0.3) is 0 Å². The molecule has 3 heteroatoms. The monoisotopic (exact) mass is 271 g/mol. The number of nitrogens with one attached hydrogen (secondary N) is 1. The van der Waals surface area contributed by atoms with Crippen molar-refractivity contribution < 1.29 is 9.47 Å². The van der Waals surface area contributed by atoms with E-state index in [1.165, 1.54) is 23.6 Å². The third-order valence-corrected chi connectivity index (χ3v) is 3.68. The van der Waals surface area contributed by atoms with Crippen LogP contribution in [0.5, 0.6) is 5.75 Å². The molecule has 106 valence electrons. The normalized spacial score (nSPS) is 18.5. The van der Waals surface area contributed by atoms with E-state index in [-0.39, 0.29) is 0 Å². The topological polar surface area (TPSA) is 30.5 Å². The van der Waals surface area contributed by atoms with Crippen LogP contribution in [-0.2, 0) is 4.74 Å². The maximum absolute atomic E-state index is 5.88. The number of hydrogen-bond donors (Lipinski definition) is 1. The van der Waals surface area contributed by atoms with Crippen LogP contribution in [0.4, 0.5) is 0 Å². The minimum Gasteiger partial charge on any atom is -0.492 e. The van der Waals surface area contributed by atoms with E-state index in [0.29, 0.717) is 12.7 Å². The lowest BCUT2D eigenvalue weighted by Gasteiger charge is -2.12. The van der Waals surface area contributed by atoms with E-state index in [0.717, 1.165) is 25.4 Å². The maximum Gasteiger partial charge on any atom is 0.127 e. The molecule has 0 unspecified atom stereocenters. The first kappa shape index (κ1) is 13.4. The largest absolute Gasteiger partial charge is 0.492 e. The van der Waals surface area contributed by atoms with Crippen LogP contribution in [0.15, 0.2) is 42.5 Å². The van der Waals surface area contributed by atoms with Crippen molar-refractivity contribution in [3.8, 4) is 5.75 Å². The predicted octanol–water partition coefficient (Wildman–Crippen LogP) is 2.99. The van der Waals surface area contributed by atoms with Crippen LogP contribution in [0.3, 0.4) is 0 Å². The van der Waals surface area contributed by atoms with Gasteiger partial charge in [-0.25, -0.2) is 0 Å². The van der Waals surface area contributed by atoms with Gasteiger partial charge in [0.05, 0.1) is 6.10 Å². The Labute approximate surface area is 119 Å². The Kier molecular flexibility index (Phi) is 4.51. The second kappa shape index (κ2) is 6.73. The summed E-state index contributed by atoms with van der Waals surface area (Å²) >= 11 is 0. The van der Waals surface area contributed by atoms with Crippen LogP contribution in [0.25, 0.3) is 10.8 Å². The molecule has 0 radical (unpaired) electrons. The van der Waals surface area contributed by atoms with Gasteiger partial charge >= 0.3 is 0 Å². The van der Waals surface area contributed by atoms with Crippen molar-refractivity contribution in [2.75, 3.05) is 26.3 Å². The summed E-state index contributed by atoms with van der Waals surface area (Å²) in [5.74, 6) is 0.960. The summed E-state index contributed by atoms with van der Waals surface area (Å²) in [7, 11) is 0. The summed E-state index contributed by atoms with van der Waals surface area (Å²) in [6, 6.07) is 14.5. The third-order valence-electron chi connectivity index (χ3n) is 3.68. The van der Waals surface area contributed by atoms with Crippen molar-refractivity contribution in [2.45, 2.75) is 18.9 Å². The molecule has 0 saturated carbocycles. The molecule has 1 aliphatic rings. The first-order valence-electron chi connectivity index (χ1n) is 7.36. The second-order valence-electron chi connectivity index (χ2n) is 5.16. The average Bonchev–Trinajstić information content (AvgIpc) is 3.00. The maximum atomic E-state index is 5.88. The summed E-state index contributed by atoms with van der Waals surface area (Å²) < 4.78 is 11.5. The van der Waals surface area contributed by atoms with E-state index in [4.69, 9.17) is 9.47 Å². The van der Waals surface area contributed by atoms with Crippen molar-refractivity contribution >= 4 is 10.8 Å². The van der Waals surface area contributed by atoms with Crippen molar-refractivity contribution in [1.82, 2.24) is 5.32 Å². The fraction of sp³-hybridized carbons (Fsp3) is 0.412. The standard InChI is InChI=1S/C17H21NO2/c1-2-8-16-14(5-1)6-3-9-17(16)20-12-10-18-13-15-7-4-11-19-15/h1-3,5-6,8-9,15,18H,4,7,10-13H2/t15-/m1/s1. The zero-order chi connectivity index (χ0) is 13.6. The predicted molar refractivity (Wildman–Crippen MR) is 81.3 cm³/mol. The van der Waals surface area contributed by atoms with Gasteiger partial charge in [-0.2, -0.15) is 0 Å². The first-order chi connectivity index (χ1) is 9.93. The molecule has 1 aliphatic heterocycles. The minimum absolute atomic E-state index is 0.396. The molecule has 1 atom stereocenters. The zero-order valence-corrected chi connectivity index (χ0v) is 11.7. The molecule has 20 heavy (non-hydrogen) atoms. The molecular formula is C17H21NO2. The SMILES string of the molecule is c1ccc2c(OCCNC[C@H]3CCCO3)cccc2c1. The fourth-order valence-electron chi connectivity index (χ4n) is 2.62. The average molecular weight is 271 g/mol. The Morgan fingerprint density at radius 2 is 2.05 bits per heavy atom. The molecule has 0 bridgehead atoms. The van der Waals surface area contributed by atoms with Crippen LogP contribution in [0, 0.1) is 0 Å². The van der Waals surface area contributed by atoms with Crippen molar-refractivity contribution in [1.29, 1.82) is 0 Å². The molecule has 2 aromatic rings. The molecule has 0 amide bonds. The highest BCUT2D eigenvalue weighted by molar-refractivity contribution is 5.88. The van der Waals surface area contributed by atoms with Gasteiger partial charge in [0, 0.05) is 25.1 Å². The van der Waals surface area contributed by atoms with E-state index < -0.39 is 0 Å². The molecule has 1 N–H and O–H groups in total. The summed E-state index contributed by atoms with van der Waals surface area (Å²) in [6.45, 7) is 3.38. The third kappa shape index (κ3) is 3.30. The van der Waals surface area contributed by atoms with Crippen molar-refractivity contribution in [3.63, 3.8) is 0 Å². The molecule has 0 aliphatic carbocycles. The number of fused-ring (bicyclic) bond motifs is 1. The molecule has 1 fully saturated rings. The lowest BCUT2D eigenvalue weighted by atomic mass is 10.1.